The first-order valence-electron chi connectivity index (χ1n) is 0. The summed E-state index contributed by atoms with van der Waals surface area (Å²) in [5.41, 5.74) is 0. The van der Waals surface area contributed by atoms with E-state index in [-0.39, 0.29) is 72.2 Å². The number of hydrogen-bond donors (Lipinski definition) is 0. The molecule has 0 aromatic rings. The van der Waals surface area contributed by atoms with Crippen molar-refractivity contribution in [1.29, 1.82) is 0 Å². The second-order valence-corrected chi connectivity index (χ2v) is 0. The van der Waals surface area contributed by atoms with E-state index in [0.29, 0.717) is 0 Å². The van der Waals surface area contributed by atoms with E-state index in [1.54, 1.807) is 0 Å². The van der Waals surface area contributed by atoms with Gasteiger partial charge in [0.05, 0.1) is 0 Å². The van der Waals surface area contributed by atoms with Gasteiger partial charge in [-0.1, -0.05) is 0 Å². The van der Waals surface area contributed by atoms with Gasteiger partial charge in [-0.15, -0.1) is 0 Å². The van der Waals surface area contributed by atoms with Gasteiger partial charge >= 0.3 is 50.3 Å². The van der Waals surface area contributed by atoms with E-state index in [2.05, 4.69) is 0 Å². The van der Waals surface area contributed by atoms with Gasteiger partial charge < -0.3 is 21.9 Å². The molecule has 7 heteroatoms. The van der Waals surface area contributed by atoms with Crippen LogP contribution in [0, 0.1) is 0 Å². The summed E-state index contributed by atoms with van der Waals surface area (Å²) < 4.78 is 0. The summed E-state index contributed by atoms with van der Waals surface area (Å²) in [5, 5.41) is 0. The van der Waals surface area contributed by atoms with Crippen molar-refractivity contribution in [2.45, 2.75) is 0 Å². The minimum atomic E-state index is 0. The molecular weight excluding hydrogens is 241 g/mol. The molecule has 0 saturated heterocycles. The van der Waals surface area contributed by atoms with Crippen LogP contribution >= 0.6 is 0 Å². The Labute approximate surface area is 72.3 Å². The standard InChI is InChI=1S/3Co.2H2O.2O/h;;;2*1H2;;/q3*+2;;;2*-2/p-2. The molecule has 0 aliphatic carbocycles. The van der Waals surface area contributed by atoms with Crippen LogP contribution in [-0.4, -0.2) is 11.0 Å². The van der Waals surface area contributed by atoms with Crippen LogP contribution in [0.15, 0.2) is 0 Å². The van der Waals surface area contributed by atoms with E-state index >= 15 is 0 Å². The summed E-state index contributed by atoms with van der Waals surface area (Å²) in [6.45, 7) is 0. The Morgan fingerprint density at radius 1 is 0.429 bits per heavy atom. The molecule has 0 aliphatic rings. The molecule has 0 atom stereocenters. The van der Waals surface area contributed by atoms with E-state index in [1.165, 1.54) is 0 Å². The molecule has 0 aromatic heterocycles. The fraction of sp³-hybridized carbons (Fsp3) is 0. The first kappa shape index (κ1) is 245. The van der Waals surface area contributed by atoms with E-state index in [0.717, 1.165) is 0 Å². The van der Waals surface area contributed by atoms with Crippen molar-refractivity contribution in [1.82, 2.24) is 0 Å². The largest absolute Gasteiger partial charge is 2.00 e. The fourth-order valence-corrected chi connectivity index (χ4v) is 0. The molecule has 53 valence electrons. The van der Waals surface area contributed by atoms with Crippen molar-refractivity contribution >= 4 is 0 Å². The summed E-state index contributed by atoms with van der Waals surface area (Å²) in [4.78, 5) is 0. The van der Waals surface area contributed by atoms with Crippen molar-refractivity contribution in [2.75, 3.05) is 0 Å². The van der Waals surface area contributed by atoms with E-state index in [9.17, 15) is 0 Å². The van der Waals surface area contributed by atoms with Gasteiger partial charge in [-0.2, -0.15) is 0 Å². The molecule has 0 heterocycles. The van der Waals surface area contributed by atoms with Gasteiger partial charge in [-0.25, -0.2) is 0 Å². The predicted octanol–water partition coefficient (Wildman–Crippen LogP) is -0.599. The SMILES string of the molecule is [Co+2].[Co+2].[Co+2].[O-2].[O-2].[OH-].[OH-]. The van der Waals surface area contributed by atoms with Crippen LogP contribution in [0.5, 0.6) is 0 Å². The molecule has 0 rings (SSSR count). The van der Waals surface area contributed by atoms with Gasteiger partial charge in [-0.05, 0) is 0 Å². The quantitative estimate of drug-likeness (QED) is 0.564. The Balaban J connectivity index is 0. The van der Waals surface area contributed by atoms with Crippen LogP contribution in [-0.2, 0) is 61.3 Å². The molecule has 2 N–H and O–H groups in total. The summed E-state index contributed by atoms with van der Waals surface area (Å²) in [6.07, 6.45) is 0. The summed E-state index contributed by atoms with van der Waals surface area (Å²) in [6, 6.07) is 0. The van der Waals surface area contributed by atoms with E-state index in [4.69, 9.17) is 0 Å². The number of hydrogen-bond acceptors (Lipinski definition) is 2. The average molecular weight is 243 g/mol. The Hall–Kier alpha value is 1.36. The van der Waals surface area contributed by atoms with E-state index < -0.39 is 0 Å². The minimum Gasteiger partial charge on any atom is -2.00 e. The molecule has 0 unspecified atom stereocenters. The molecule has 0 saturated carbocycles. The van der Waals surface area contributed by atoms with Gasteiger partial charge in [0.1, 0.15) is 0 Å². The Morgan fingerprint density at radius 2 is 0.429 bits per heavy atom. The van der Waals surface area contributed by atoms with Gasteiger partial charge in [0, 0.05) is 0 Å². The maximum atomic E-state index is 0. The van der Waals surface area contributed by atoms with Crippen LogP contribution in [0.3, 0.4) is 0 Å². The van der Waals surface area contributed by atoms with Crippen molar-refractivity contribution < 1.29 is 72.2 Å². The zero-order valence-electron chi connectivity index (χ0n) is 2.71. The third kappa shape index (κ3) is 114. The topological polar surface area (TPSA) is 117 Å². The van der Waals surface area contributed by atoms with Crippen molar-refractivity contribution in [3.63, 3.8) is 0 Å². The molecule has 0 fully saturated rings. The summed E-state index contributed by atoms with van der Waals surface area (Å²) in [7, 11) is 0. The predicted molar refractivity (Wildman–Crippen MR) is 5.24 cm³/mol. The Kier molecular flexibility index (Phi) is 5640. The van der Waals surface area contributed by atoms with Gasteiger partial charge in [0.25, 0.3) is 0 Å². The summed E-state index contributed by atoms with van der Waals surface area (Å²) >= 11 is 0. The normalized spacial score (nSPS) is 0. The average Bonchev–Trinajstić information content (AvgIpc) is 0. The van der Waals surface area contributed by atoms with Crippen LogP contribution in [0.1, 0.15) is 0 Å². The molecule has 3 radical (unpaired) electrons. The third-order valence-corrected chi connectivity index (χ3v) is 0. The second kappa shape index (κ2) is 161. The Morgan fingerprint density at radius 3 is 0.429 bits per heavy atom. The molecule has 0 aromatic carbocycles. The maximum Gasteiger partial charge on any atom is 2.00 e. The van der Waals surface area contributed by atoms with E-state index in [1.807, 2.05) is 0 Å². The van der Waals surface area contributed by atoms with Gasteiger partial charge in [0.2, 0.25) is 0 Å². The Bertz CT molecular complexity index is 6.90. The van der Waals surface area contributed by atoms with Crippen LogP contribution in [0.2, 0.25) is 0 Å². The summed E-state index contributed by atoms with van der Waals surface area (Å²) in [5.74, 6) is 0. The minimum absolute atomic E-state index is 0. The molecule has 0 amide bonds. The fourth-order valence-electron chi connectivity index (χ4n) is 0. The number of rotatable bonds is 0. The van der Waals surface area contributed by atoms with Crippen LogP contribution in [0.4, 0.5) is 0 Å². The first-order valence-corrected chi connectivity index (χ1v) is 0. The van der Waals surface area contributed by atoms with Crippen LogP contribution < -0.4 is 0 Å². The maximum absolute atomic E-state index is 0. The molecule has 0 aliphatic heterocycles. The van der Waals surface area contributed by atoms with Crippen LogP contribution in [0.25, 0.3) is 0 Å². The third-order valence-electron chi connectivity index (χ3n) is 0. The molecule has 4 nitrogen and oxygen atoms in total. The molecule has 0 spiro atoms. The molecule has 7 heavy (non-hydrogen) atoms. The molecule has 0 bridgehead atoms. The van der Waals surface area contributed by atoms with Crippen molar-refractivity contribution in [2.24, 2.45) is 0 Å². The van der Waals surface area contributed by atoms with Crippen molar-refractivity contribution in [3.8, 4) is 0 Å². The second-order valence-electron chi connectivity index (χ2n) is 0. The van der Waals surface area contributed by atoms with Crippen molar-refractivity contribution in [3.05, 3.63) is 0 Å². The first-order chi connectivity index (χ1) is 0. The zero-order chi connectivity index (χ0) is 0. The smallest absolute Gasteiger partial charge is 2.00 e. The zero-order valence-corrected chi connectivity index (χ0v) is 5.83. The van der Waals surface area contributed by atoms with Gasteiger partial charge in [-0.3, -0.25) is 0 Å². The monoisotopic (exact) mass is 243 g/mol. The molecular formula is H2Co3O4. The van der Waals surface area contributed by atoms with Gasteiger partial charge in [0.15, 0.2) is 0 Å².